The molecule has 0 unspecified atom stereocenters. The number of rotatable bonds is 2. The highest BCUT2D eigenvalue weighted by Crippen LogP contribution is 2.30. The molecule has 0 saturated carbocycles. The van der Waals surface area contributed by atoms with Crippen LogP contribution >= 0.6 is 34.2 Å². The van der Waals surface area contributed by atoms with Crippen LogP contribution in [0, 0.1) is 26.2 Å². The normalized spacial score (nSPS) is 9.86. The van der Waals surface area contributed by atoms with E-state index in [2.05, 4.69) is 0 Å². The fourth-order valence-electron chi connectivity index (χ4n) is 1.91. The first-order chi connectivity index (χ1) is 10.4. The van der Waals surface area contributed by atoms with E-state index in [1.807, 2.05) is 34.7 Å². The Morgan fingerprint density at radius 2 is 2.00 bits per heavy atom. The molecule has 2 N–H and O–H groups in total. The lowest BCUT2D eigenvalue weighted by molar-refractivity contribution is 0.0593. The van der Waals surface area contributed by atoms with Gasteiger partial charge in [0.05, 0.1) is 34.6 Å². The predicted molar refractivity (Wildman–Crippen MR) is 88.7 cm³/mol. The zero-order valence-electron chi connectivity index (χ0n) is 11.2. The highest BCUT2D eigenvalue weighted by Gasteiger charge is 2.23. The van der Waals surface area contributed by atoms with E-state index in [1.165, 1.54) is 23.9 Å². The third-order valence-corrected chi connectivity index (χ3v) is 4.14. The van der Waals surface area contributed by atoms with Gasteiger partial charge in [0.1, 0.15) is 12.1 Å². The topological polar surface area (TPSA) is 105 Å². The zero-order chi connectivity index (χ0) is 16.4. The minimum atomic E-state index is -0.671. The summed E-state index contributed by atoms with van der Waals surface area (Å²) >= 11 is 8.05. The van der Waals surface area contributed by atoms with Crippen molar-refractivity contribution in [2.45, 2.75) is 0 Å². The Morgan fingerprint density at radius 3 is 2.55 bits per heavy atom. The van der Waals surface area contributed by atoms with Crippen LogP contribution in [0.3, 0.4) is 0 Å². The molecule has 8 heteroatoms. The third kappa shape index (κ3) is 2.61. The van der Waals surface area contributed by atoms with E-state index in [9.17, 15) is 4.79 Å². The summed E-state index contributed by atoms with van der Waals surface area (Å²) in [6.07, 6.45) is 1.43. The van der Waals surface area contributed by atoms with Crippen molar-refractivity contribution in [1.82, 2.24) is 4.57 Å². The lowest BCUT2D eigenvalue weighted by Crippen LogP contribution is -2.12. The van der Waals surface area contributed by atoms with Gasteiger partial charge in [-0.1, -0.05) is 11.6 Å². The van der Waals surface area contributed by atoms with Crippen molar-refractivity contribution in [2.75, 3.05) is 12.8 Å². The number of halogens is 2. The van der Waals surface area contributed by atoms with Crippen molar-refractivity contribution in [1.29, 1.82) is 10.5 Å². The molecule has 0 amide bonds. The van der Waals surface area contributed by atoms with Crippen molar-refractivity contribution in [3.05, 3.63) is 43.7 Å². The van der Waals surface area contributed by atoms with Crippen molar-refractivity contribution in [2.24, 2.45) is 0 Å². The van der Waals surface area contributed by atoms with Gasteiger partial charge in [0.25, 0.3) is 0 Å². The zero-order valence-corrected chi connectivity index (χ0v) is 14.1. The number of benzene rings is 1. The Morgan fingerprint density at radius 1 is 1.36 bits per heavy atom. The lowest BCUT2D eigenvalue weighted by Gasteiger charge is -2.11. The van der Waals surface area contributed by atoms with Crippen LogP contribution in [0.5, 0.6) is 0 Å². The Kier molecular flexibility index (Phi) is 4.59. The lowest BCUT2D eigenvalue weighted by atomic mass is 10.2. The number of aromatic nitrogens is 1. The molecular weight excluding hydrogens is 419 g/mol. The molecule has 0 bridgehead atoms. The number of carbonyl (C=O) groups excluding carboxylic acids is 1. The summed E-state index contributed by atoms with van der Waals surface area (Å²) in [4.78, 5) is 12.0. The molecule has 0 aliphatic carbocycles. The van der Waals surface area contributed by atoms with Crippen LogP contribution in [0.15, 0.2) is 18.3 Å². The van der Waals surface area contributed by atoms with E-state index in [0.717, 1.165) is 0 Å². The average Bonchev–Trinajstić information content (AvgIpc) is 2.84. The molecule has 22 heavy (non-hydrogen) atoms. The van der Waals surface area contributed by atoms with Gasteiger partial charge >= 0.3 is 5.97 Å². The van der Waals surface area contributed by atoms with Gasteiger partial charge in [-0.05, 0) is 34.7 Å². The SMILES string of the molecule is COC(=O)c1c(N)c(C#N)cn1-c1cc(Cl)c(C#N)cc1I. The summed E-state index contributed by atoms with van der Waals surface area (Å²) in [6.45, 7) is 0. The molecule has 1 heterocycles. The van der Waals surface area contributed by atoms with Crippen molar-refractivity contribution >= 4 is 45.8 Å². The fraction of sp³-hybridized carbons (Fsp3) is 0.0714. The van der Waals surface area contributed by atoms with Crippen LogP contribution in [-0.4, -0.2) is 17.6 Å². The molecule has 0 saturated heterocycles. The second-order valence-electron chi connectivity index (χ2n) is 4.17. The second kappa shape index (κ2) is 6.26. The van der Waals surface area contributed by atoms with Gasteiger partial charge in [-0.2, -0.15) is 10.5 Å². The number of carbonyl (C=O) groups is 1. The molecular formula is C14H8ClIN4O2. The van der Waals surface area contributed by atoms with Crippen LogP contribution in [0.25, 0.3) is 5.69 Å². The summed E-state index contributed by atoms with van der Waals surface area (Å²) in [5.74, 6) is -0.671. The molecule has 6 nitrogen and oxygen atoms in total. The molecule has 1 aromatic carbocycles. The molecule has 1 aromatic heterocycles. The molecule has 0 aliphatic rings. The van der Waals surface area contributed by atoms with Gasteiger partial charge in [0.2, 0.25) is 0 Å². The number of nitrogen functional groups attached to an aromatic ring is 1. The van der Waals surface area contributed by atoms with Crippen molar-refractivity contribution in [3.63, 3.8) is 0 Å². The maximum atomic E-state index is 12.0. The number of hydrogen-bond donors (Lipinski definition) is 1. The van der Waals surface area contributed by atoms with E-state index in [1.54, 1.807) is 6.07 Å². The maximum absolute atomic E-state index is 12.0. The third-order valence-electron chi connectivity index (χ3n) is 2.96. The van der Waals surface area contributed by atoms with E-state index in [0.29, 0.717) is 14.8 Å². The van der Waals surface area contributed by atoms with Crippen LogP contribution < -0.4 is 5.73 Å². The van der Waals surface area contributed by atoms with Gasteiger partial charge in [0.15, 0.2) is 5.69 Å². The van der Waals surface area contributed by atoms with Crippen LogP contribution in [-0.2, 0) is 4.74 Å². The molecule has 110 valence electrons. The van der Waals surface area contributed by atoms with Gasteiger partial charge in [-0.15, -0.1) is 0 Å². The molecule has 0 atom stereocenters. The van der Waals surface area contributed by atoms with Gasteiger partial charge in [0, 0.05) is 9.77 Å². The molecule has 0 spiro atoms. The van der Waals surface area contributed by atoms with Crippen LogP contribution in [0.1, 0.15) is 21.6 Å². The van der Waals surface area contributed by atoms with Crippen molar-refractivity contribution in [3.8, 4) is 17.8 Å². The van der Waals surface area contributed by atoms with E-state index < -0.39 is 5.97 Å². The average molecular weight is 427 g/mol. The molecule has 0 aliphatic heterocycles. The number of ether oxygens (including phenoxy) is 1. The standard InChI is InChI=1S/C14H8ClIN4O2/c1-22-14(21)13-12(19)8(5-18)6-20(13)11-3-9(15)7(4-17)2-10(11)16/h2-3,6H,19H2,1H3. The minimum Gasteiger partial charge on any atom is -0.464 e. The Balaban J connectivity index is 2.79. The summed E-state index contributed by atoms with van der Waals surface area (Å²) in [5.41, 5.74) is 6.90. The quantitative estimate of drug-likeness (QED) is 0.587. The van der Waals surface area contributed by atoms with E-state index >= 15 is 0 Å². The number of methoxy groups -OCH3 is 1. The first kappa shape index (κ1) is 16.1. The van der Waals surface area contributed by atoms with E-state index in [4.69, 9.17) is 32.6 Å². The monoisotopic (exact) mass is 426 g/mol. The highest BCUT2D eigenvalue weighted by molar-refractivity contribution is 14.1. The van der Waals surface area contributed by atoms with Crippen LogP contribution in [0.2, 0.25) is 5.02 Å². The summed E-state index contributed by atoms with van der Waals surface area (Å²) in [5, 5.41) is 18.3. The van der Waals surface area contributed by atoms with Gasteiger partial charge in [-0.3, -0.25) is 0 Å². The number of nitrogens with two attached hydrogens (primary N) is 1. The Labute approximate surface area is 144 Å². The number of nitrogens with zero attached hydrogens (tertiary/aromatic N) is 3. The summed E-state index contributed by atoms with van der Waals surface area (Å²) in [7, 11) is 1.22. The molecule has 2 aromatic rings. The summed E-state index contributed by atoms with van der Waals surface area (Å²) < 4.78 is 6.82. The van der Waals surface area contributed by atoms with E-state index in [-0.39, 0.29) is 22.0 Å². The Bertz CT molecular complexity index is 861. The van der Waals surface area contributed by atoms with Crippen LogP contribution in [0.4, 0.5) is 5.69 Å². The largest absolute Gasteiger partial charge is 0.464 e. The summed E-state index contributed by atoms with van der Waals surface area (Å²) in [6, 6.07) is 7.02. The number of hydrogen-bond acceptors (Lipinski definition) is 5. The first-order valence-electron chi connectivity index (χ1n) is 5.83. The van der Waals surface area contributed by atoms with Crippen molar-refractivity contribution < 1.29 is 9.53 Å². The molecule has 2 rings (SSSR count). The Hall–Kier alpha value is -2.23. The predicted octanol–water partition coefficient (Wildman–Crippen LogP) is 2.85. The smallest absolute Gasteiger partial charge is 0.357 e. The fourth-order valence-corrected chi connectivity index (χ4v) is 2.84. The number of nitriles is 2. The molecule has 0 radical (unpaired) electrons. The highest BCUT2D eigenvalue weighted by atomic mass is 127. The van der Waals surface area contributed by atoms with Gasteiger partial charge in [-0.25, -0.2) is 4.79 Å². The maximum Gasteiger partial charge on any atom is 0.357 e. The minimum absolute atomic E-state index is 0.0330. The number of anilines is 1. The number of esters is 1. The second-order valence-corrected chi connectivity index (χ2v) is 5.74. The molecule has 0 fully saturated rings. The first-order valence-corrected chi connectivity index (χ1v) is 7.29. The van der Waals surface area contributed by atoms with Gasteiger partial charge < -0.3 is 15.0 Å².